The van der Waals surface area contributed by atoms with Crippen molar-refractivity contribution in [2.75, 3.05) is 5.73 Å². The van der Waals surface area contributed by atoms with E-state index >= 15 is 0 Å². The van der Waals surface area contributed by atoms with Gasteiger partial charge < -0.3 is 5.73 Å². The molecule has 2 aromatic rings. The summed E-state index contributed by atoms with van der Waals surface area (Å²) in [7, 11) is 1.75. The molecule has 84 valence electrons. The monoisotopic (exact) mass is 239 g/mol. The summed E-state index contributed by atoms with van der Waals surface area (Å²) in [5, 5.41) is 4.52. The van der Waals surface area contributed by atoms with Crippen molar-refractivity contribution in [2.24, 2.45) is 7.05 Å². The summed E-state index contributed by atoms with van der Waals surface area (Å²) in [6.07, 6.45) is 1.64. The van der Waals surface area contributed by atoms with Crippen LogP contribution >= 0.6 is 11.6 Å². The fourth-order valence-electron chi connectivity index (χ4n) is 1.51. The number of rotatable bonds is 2. The summed E-state index contributed by atoms with van der Waals surface area (Å²) in [4.78, 5) is 0. The maximum Gasteiger partial charge on any atom is 0.129 e. The second-order valence-corrected chi connectivity index (χ2v) is 3.92. The minimum absolute atomic E-state index is 0.481. The lowest BCUT2D eigenvalue weighted by Gasteiger charge is -2.05. The Hall–Kier alpha value is -1.55. The molecular formula is C11H11ClFN3. The molecule has 16 heavy (non-hydrogen) atoms. The van der Waals surface area contributed by atoms with Crippen LogP contribution in [0, 0.1) is 0 Å². The second-order valence-electron chi connectivity index (χ2n) is 3.51. The minimum atomic E-state index is -0.525. The Balaban J connectivity index is 2.52. The van der Waals surface area contributed by atoms with E-state index < -0.39 is 6.67 Å². The third kappa shape index (κ3) is 1.76. The van der Waals surface area contributed by atoms with Crippen LogP contribution in [0.5, 0.6) is 0 Å². The van der Waals surface area contributed by atoms with E-state index in [-0.39, 0.29) is 0 Å². The Bertz CT molecular complexity index is 522. The number of alkyl halides is 1. The van der Waals surface area contributed by atoms with Gasteiger partial charge in [0.25, 0.3) is 0 Å². The molecule has 0 saturated heterocycles. The highest BCUT2D eigenvalue weighted by Gasteiger charge is 2.11. The molecule has 5 heteroatoms. The van der Waals surface area contributed by atoms with Gasteiger partial charge in [0.05, 0.1) is 6.20 Å². The Labute approximate surface area is 97.6 Å². The lowest BCUT2D eigenvalue weighted by Crippen LogP contribution is -1.98. The molecule has 0 fully saturated rings. The summed E-state index contributed by atoms with van der Waals surface area (Å²) < 4.78 is 14.0. The van der Waals surface area contributed by atoms with Gasteiger partial charge >= 0.3 is 0 Å². The number of nitrogen functional groups attached to an aromatic ring is 1. The molecule has 0 aliphatic carbocycles. The molecule has 1 aromatic heterocycles. The summed E-state index contributed by atoms with van der Waals surface area (Å²) in [5.41, 5.74) is 7.92. The molecular weight excluding hydrogens is 229 g/mol. The number of halogens is 2. The summed E-state index contributed by atoms with van der Waals surface area (Å²) in [6, 6.07) is 5.04. The normalized spacial score (nSPS) is 10.7. The number of aryl methyl sites for hydroxylation is 1. The number of hydrogen-bond donors (Lipinski definition) is 1. The molecule has 0 aliphatic rings. The van der Waals surface area contributed by atoms with Crippen molar-refractivity contribution >= 4 is 17.4 Å². The summed E-state index contributed by atoms with van der Waals surface area (Å²) in [6.45, 7) is -0.525. The topological polar surface area (TPSA) is 43.8 Å². The van der Waals surface area contributed by atoms with Crippen molar-refractivity contribution in [1.29, 1.82) is 0 Å². The van der Waals surface area contributed by atoms with Gasteiger partial charge in [-0.3, -0.25) is 4.68 Å². The summed E-state index contributed by atoms with van der Waals surface area (Å²) in [5.74, 6) is 0.537. The average Bonchev–Trinajstić information content (AvgIpc) is 2.60. The van der Waals surface area contributed by atoms with Gasteiger partial charge in [0.15, 0.2) is 0 Å². The first-order valence-electron chi connectivity index (χ1n) is 4.75. The molecule has 1 aromatic carbocycles. The molecule has 0 amide bonds. The van der Waals surface area contributed by atoms with Crippen LogP contribution in [-0.2, 0) is 13.7 Å². The van der Waals surface area contributed by atoms with Crippen molar-refractivity contribution in [2.45, 2.75) is 6.67 Å². The van der Waals surface area contributed by atoms with Crippen LogP contribution in [0.3, 0.4) is 0 Å². The Morgan fingerprint density at radius 2 is 2.19 bits per heavy atom. The quantitative estimate of drug-likeness (QED) is 0.876. The van der Waals surface area contributed by atoms with Crippen LogP contribution < -0.4 is 5.73 Å². The molecule has 0 spiro atoms. The number of nitrogens with zero attached hydrogens (tertiary/aromatic N) is 2. The first-order chi connectivity index (χ1) is 7.63. The van der Waals surface area contributed by atoms with Gasteiger partial charge in [-0.15, -0.1) is 0 Å². The molecule has 2 N–H and O–H groups in total. The highest BCUT2D eigenvalue weighted by molar-refractivity contribution is 6.33. The predicted molar refractivity (Wildman–Crippen MR) is 62.9 cm³/mol. The maximum absolute atomic E-state index is 12.4. The average molecular weight is 240 g/mol. The SMILES string of the molecule is Cn1ncc(-c2ccc(CF)cc2Cl)c1N. The van der Waals surface area contributed by atoms with E-state index in [4.69, 9.17) is 17.3 Å². The maximum atomic E-state index is 12.4. The molecule has 0 radical (unpaired) electrons. The predicted octanol–water partition coefficient (Wildman–Crippen LogP) is 2.79. The zero-order valence-electron chi connectivity index (χ0n) is 8.74. The van der Waals surface area contributed by atoms with E-state index in [1.165, 1.54) is 0 Å². The third-order valence-corrected chi connectivity index (χ3v) is 2.78. The molecule has 2 rings (SSSR count). The highest BCUT2D eigenvalue weighted by atomic mass is 35.5. The fraction of sp³-hybridized carbons (Fsp3) is 0.182. The van der Waals surface area contributed by atoms with Gasteiger partial charge in [0.2, 0.25) is 0 Å². The highest BCUT2D eigenvalue weighted by Crippen LogP contribution is 2.32. The second kappa shape index (κ2) is 4.14. The van der Waals surface area contributed by atoms with E-state index in [0.717, 1.165) is 11.1 Å². The lowest BCUT2D eigenvalue weighted by molar-refractivity contribution is 0.485. The molecule has 0 saturated carbocycles. The van der Waals surface area contributed by atoms with Crippen molar-refractivity contribution in [3.05, 3.63) is 35.0 Å². The van der Waals surface area contributed by atoms with E-state index in [1.807, 2.05) is 0 Å². The van der Waals surface area contributed by atoms with Gasteiger partial charge in [-0.1, -0.05) is 23.7 Å². The van der Waals surface area contributed by atoms with Crippen LogP contribution in [0.2, 0.25) is 5.02 Å². The number of aromatic nitrogens is 2. The van der Waals surface area contributed by atoms with Crippen LogP contribution in [0.4, 0.5) is 10.2 Å². The van der Waals surface area contributed by atoms with Gasteiger partial charge in [0.1, 0.15) is 12.5 Å². The van der Waals surface area contributed by atoms with Gasteiger partial charge in [-0.2, -0.15) is 5.10 Å². The Kier molecular flexibility index (Phi) is 2.83. The number of nitrogens with two attached hydrogens (primary N) is 1. The van der Waals surface area contributed by atoms with Crippen LogP contribution in [0.25, 0.3) is 11.1 Å². The molecule has 1 heterocycles. The van der Waals surface area contributed by atoms with Crippen molar-refractivity contribution < 1.29 is 4.39 Å². The minimum Gasteiger partial charge on any atom is -0.383 e. The van der Waals surface area contributed by atoms with Gasteiger partial charge in [-0.05, 0) is 11.6 Å². The zero-order valence-corrected chi connectivity index (χ0v) is 9.50. The molecule has 0 unspecified atom stereocenters. The third-order valence-electron chi connectivity index (χ3n) is 2.46. The Morgan fingerprint density at radius 3 is 2.69 bits per heavy atom. The molecule has 0 bridgehead atoms. The lowest BCUT2D eigenvalue weighted by atomic mass is 10.1. The van der Waals surface area contributed by atoms with E-state index in [2.05, 4.69) is 5.10 Å². The van der Waals surface area contributed by atoms with E-state index in [0.29, 0.717) is 16.4 Å². The first kappa shape index (κ1) is 11.0. The summed E-state index contributed by atoms with van der Waals surface area (Å²) >= 11 is 6.06. The smallest absolute Gasteiger partial charge is 0.129 e. The van der Waals surface area contributed by atoms with Gasteiger partial charge in [-0.25, -0.2) is 4.39 Å². The Morgan fingerprint density at radius 1 is 1.44 bits per heavy atom. The van der Waals surface area contributed by atoms with E-state index in [9.17, 15) is 4.39 Å². The largest absolute Gasteiger partial charge is 0.383 e. The van der Waals surface area contributed by atoms with E-state index in [1.54, 1.807) is 36.1 Å². The van der Waals surface area contributed by atoms with Crippen molar-refractivity contribution in [3.63, 3.8) is 0 Å². The molecule has 3 nitrogen and oxygen atoms in total. The first-order valence-corrected chi connectivity index (χ1v) is 5.13. The van der Waals surface area contributed by atoms with Crippen LogP contribution in [-0.4, -0.2) is 9.78 Å². The fourth-order valence-corrected chi connectivity index (χ4v) is 1.82. The zero-order chi connectivity index (χ0) is 11.7. The number of anilines is 1. The standard InChI is InChI=1S/C11H11ClFN3/c1-16-11(14)9(6-15-16)8-3-2-7(5-13)4-10(8)12/h2-4,6H,5,14H2,1H3. The molecule has 0 atom stereocenters. The molecule has 0 aliphatic heterocycles. The number of hydrogen-bond acceptors (Lipinski definition) is 2. The van der Waals surface area contributed by atoms with Crippen molar-refractivity contribution in [3.8, 4) is 11.1 Å². The van der Waals surface area contributed by atoms with Crippen molar-refractivity contribution in [1.82, 2.24) is 9.78 Å². The number of benzene rings is 1. The van der Waals surface area contributed by atoms with Crippen LogP contribution in [0.15, 0.2) is 24.4 Å². The van der Waals surface area contributed by atoms with Gasteiger partial charge in [0, 0.05) is 23.2 Å². The van der Waals surface area contributed by atoms with Crippen LogP contribution in [0.1, 0.15) is 5.56 Å².